The van der Waals surface area contributed by atoms with E-state index in [1.807, 2.05) is 30.3 Å². The second-order valence-corrected chi connectivity index (χ2v) is 6.20. The second kappa shape index (κ2) is 6.32. The number of nitrogens with zero attached hydrogens (tertiary/aromatic N) is 3. The van der Waals surface area contributed by atoms with Crippen LogP contribution in [0.2, 0.25) is 0 Å². The minimum atomic E-state index is -0.0758. The summed E-state index contributed by atoms with van der Waals surface area (Å²) in [4.78, 5) is 18.1. The van der Waals surface area contributed by atoms with E-state index in [0.29, 0.717) is 30.1 Å². The molecule has 6 heteroatoms. The predicted octanol–water partition coefficient (Wildman–Crippen LogP) is 2.46. The molecule has 110 valence electrons. The Balaban J connectivity index is 1.58. The van der Waals surface area contributed by atoms with Gasteiger partial charge in [-0.2, -0.15) is 5.26 Å². The Morgan fingerprint density at radius 2 is 2.18 bits per heavy atom. The van der Waals surface area contributed by atoms with E-state index < -0.39 is 0 Å². The average molecular weight is 405 g/mol. The SMILES string of the molecule is N#Cc1ccnc(OC2CN(C(=O)c3cccc(I)c3)C2)c1. The van der Waals surface area contributed by atoms with Crippen molar-refractivity contribution in [1.82, 2.24) is 9.88 Å². The minimum absolute atomic E-state index is 0.0112. The number of hydrogen-bond acceptors (Lipinski definition) is 4. The molecule has 0 aliphatic carbocycles. The molecule has 0 saturated carbocycles. The molecule has 3 rings (SSSR count). The number of halogens is 1. The first-order valence-corrected chi connectivity index (χ1v) is 7.81. The molecule has 2 aromatic rings. The van der Waals surface area contributed by atoms with Crippen LogP contribution in [-0.2, 0) is 0 Å². The van der Waals surface area contributed by atoms with Crippen LogP contribution in [0.15, 0.2) is 42.6 Å². The fourth-order valence-corrected chi connectivity index (χ4v) is 2.74. The molecule has 1 aliphatic rings. The lowest BCUT2D eigenvalue weighted by atomic mass is 10.1. The Morgan fingerprint density at radius 1 is 1.36 bits per heavy atom. The monoisotopic (exact) mass is 405 g/mol. The van der Waals surface area contributed by atoms with Crippen LogP contribution in [0, 0.1) is 14.9 Å². The van der Waals surface area contributed by atoms with Gasteiger partial charge in [0.25, 0.3) is 5.91 Å². The van der Waals surface area contributed by atoms with Gasteiger partial charge in [0, 0.05) is 21.4 Å². The van der Waals surface area contributed by atoms with Crippen LogP contribution in [0.5, 0.6) is 5.88 Å². The van der Waals surface area contributed by atoms with E-state index in [1.54, 1.807) is 23.2 Å². The molecule has 2 heterocycles. The molecular formula is C16H12IN3O2. The Labute approximate surface area is 141 Å². The van der Waals surface area contributed by atoms with Gasteiger partial charge in [0.1, 0.15) is 6.10 Å². The molecule has 0 spiro atoms. The topological polar surface area (TPSA) is 66.2 Å². The lowest BCUT2D eigenvalue weighted by molar-refractivity contribution is 0.0160. The summed E-state index contributed by atoms with van der Waals surface area (Å²) in [6.07, 6.45) is 1.47. The lowest BCUT2D eigenvalue weighted by Gasteiger charge is -2.38. The van der Waals surface area contributed by atoms with Crippen molar-refractivity contribution in [3.63, 3.8) is 0 Å². The molecule has 0 radical (unpaired) electrons. The molecule has 5 nitrogen and oxygen atoms in total. The predicted molar refractivity (Wildman–Crippen MR) is 88.4 cm³/mol. The van der Waals surface area contributed by atoms with Gasteiger partial charge < -0.3 is 9.64 Å². The number of hydrogen-bond donors (Lipinski definition) is 0. The number of carbonyl (C=O) groups is 1. The summed E-state index contributed by atoms with van der Waals surface area (Å²) in [5.41, 5.74) is 1.20. The molecule has 0 unspecified atom stereocenters. The molecule has 1 amide bonds. The number of ether oxygens (including phenoxy) is 1. The van der Waals surface area contributed by atoms with Gasteiger partial charge in [-0.25, -0.2) is 4.98 Å². The maximum absolute atomic E-state index is 12.3. The molecule has 0 atom stereocenters. The third-order valence-electron chi connectivity index (χ3n) is 3.36. The Kier molecular flexibility index (Phi) is 4.24. The highest BCUT2D eigenvalue weighted by molar-refractivity contribution is 14.1. The molecule has 1 saturated heterocycles. The highest BCUT2D eigenvalue weighted by Crippen LogP contribution is 2.19. The Hall–Kier alpha value is -2.14. The Bertz CT molecular complexity index is 751. The van der Waals surface area contributed by atoms with Gasteiger partial charge in [0.2, 0.25) is 5.88 Å². The lowest BCUT2D eigenvalue weighted by Crippen LogP contribution is -2.56. The molecular weight excluding hydrogens is 393 g/mol. The second-order valence-electron chi connectivity index (χ2n) is 4.95. The number of amides is 1. The molecule has 1 aromatic carbocycles. The van der Waals surface area contributed by atoms with E-state index in [4.69, 9.17) is 10.00 Å². The van der Waals surface area contributed by atoms with Crippen LogP contribution in [0.4, 0.5) is 0 Å². The quantitative estimate of drug-likeness (QED) is 0.737. The zero-order chi connectivity index (χ0) is 15.5. The molecule has 0 N–H and O–H groups in total. The molecule has 1 aromatic heterocycles. The first-order chi connectivity index (χ1) is 10.7. The summed E-state index contributed by atoms with van der Waals surface area (Å²) >= 11 is 2.19. The highest BCUT2D eigenvalue weighted by atomic mass is 127. The van der Waals surface area contributed by atoms with Gasteiger partial charge in [0.15, 0.2) is 0 Å². The van der Waals surface area contributed by atoms with Crippen LogP contribution in [0.3, 0.4) is 0 Å². The van der Waals surface area contributed by atoms with Crippen LogP contribution >= 0.6 is 22.6 Å². The average Bonchev–Trinajstić information content (AvgIpc) is 2.50. The van der Waals surface area contributed by atoms with E-state index in [0.717, 1.165) is 3.57 Å². The van der Waals surface area contributed by atoms with Crippen LogP contribution in [-0.4, -0.2) is 35.0 Å². The summed E-state index contributed by atoms with van der Waals surface area (Å²) in [6, 6.07) is 12.8. The smallest absolute Gasteiger partial charge is 0.254 e. The van der Waals surface area contributed by atoms with Crippen LogP contribution in [0.1, 0.15) is 15.9 Å². The largest absolute Gasteiger partial charge is 0.471 e. The van der Waals surface area contributed by atoms with Gasteiger partial charge in [-0.3, -0.25) is 4.79 Å². The number of pyridine rings is 1. The zero-order valence-electron chi connectivity index (χ0n) is 11.6. The number of likely N-dealkylation sites (tertiary alicyclic amines) is 1. The fourth-order valence-electron chi connectivity index (χ4n) is 2.20. The molecule has 0 bridgehead atoms. The molecule has 22 heavy (non-hydrogen) atoms. The summed E-state index contributed by atoms with van der Waals surface area (Å²) in [7, 11) is 0. The summed E-state index contributed by atoms with van der Waals surface area (Å²) in [5, 5.41) is 8.84. The maximum Gasteiger partial charge on any atom is 0.254 e. The third-order valence-corrected chi connectivity index (χ3v) is 4.03. The van der Waals surface area contributed by atoms with Crippen molar-refractivity contribution < 1.29 is 9.53 Å². The van der Waals surface area contributed by atoms with E-state index in [1.165, 1.54) is 0 Å². The van der Waals surface area contributed by atoms with Crippen molar-refractivity contribution in [3.05, 3.63) is 57.3 Å². The van der Waals surface area contributed by atoms with Gasteiger partial charge in [-0.1, -0.05) is 6.07 Å². The molecule has 1 aliphatic heterocycles. The number of benzene rings is 1. The molecule has 1 fully saturated rings. The van der Waals surface area contributed by atoms with Crippen LogP contribution < -0.4 is 4.74 Å². The van der Waals surface area contributed by atoms with Crippen molar-refractivity contribution in [2.45, 2.75) is 6.10 Å². The summed E-state index contributed by atoms with van der Waals surface area (Å²) in [6.45, 7) is 1.06. The fraction of sp³-hybridized carbons (Fsp3) is 0.188. The van der Waals surface area contributed by atoms with E-state index in [-0.39, 0.29) is 12.0 Å². The number of nitriles is 1. The number of carbonyl (C=O) groups excluding carboxylic acids is 1. The third kappa shape index (κ3) is 3.20. The van der Waals surface area contributed by atoms with Gasteiger partial charge in [-0.05, 0) is 46.9 Å². The van der Waals surface area contributed by atoms with Gasteiger partial charge in [0.05, 0.1) is 24.7 Å². The van der Waals surface area contributed by atoms with Gasteiger partial charge in [-0.15, -0.1) is 0 Å². The first-order valence-electron chi connectivity index (χ1n) is 6.73. The van der Waals surface area contributed by atoms with Crippen molar-refractivity contribution in [2.24, 2.45) is 0 Å². The highest BCUT2D eigenvalue weighted by Gasteiger charge is 2.33. The minimum Gasteiger partial charge on any atom is -0.471 e. The van der Waals surface area contributed by atoms with Crippen molar-refractivity contribution >= 4 is 28.5 Å². The van der Waals surface area contributed by atoms with E-state index >= 15 is 0 Å². The van der Waals surface area contributed by atoms with E-state index in [2.05, 4.69) is 27.6 Å². The van der Waals surface area contributed by atoms with Crippen LogP contribution in [0.25, 0.3) is 0 Å². The summed E-state index contributed by atoms with van der Waals surface area (Å²) in [5.74, 6) is 0.433. The van der Waals surface area contributed by atoms with E-state index in [9.17, 15) is 4.79 Å². The first kappa shape index (κ1) is 14.8. The van der Waals surface area contributed by atoms with Crippen molar-refractivity contribution in [2.75, 3.05) is 13.1 Å². The number of rotatable bonds is 3. The zero-order valence-corrected chi connectivity index (χ0v) is 13.7. The summed E-state index contributed by atoms with van der Waals surface area (Å²) < 4.78 is 6.71. The van der Waals surface area contributed by atoms with Crippen molar-refractivity contribution in [3.8, 4) is 11.9 Å². The Morgan fingerprint density at radius 3 is 2.91 bits per heavy atom. The standard InChI is InChI=1S/C16H12IN3O2/c17-13-3-1-2-12(7-13)16(21)20-9-14(10-20)22-15-6-11(8-18)4-5-19-15/h1-7,14H,9-10H2. The maximum atomic E-state index is 12.3. The number of aromatic nitrogens is 1. The normalized spacial score (nSPS) is 14.1. The van der Waals surface area contributed by atoms with Crippen molar-refractivity contribution in [1.29, 1.82) is 5.26 Å². The van der Waals surface area contributed by atoms with Gasteiger partial charge >= 0.3 is 0 Å².